The molecule has 0 radical (unpaired) electrons. The largest absolute Gasteiger partial charge is 0.342 e. The number of nitrogens with one attached hydrogen (secondary N) is 1. The predicted molar refractivity (Wildman–Crippen MR) is 98.8 cm³/mol. The lowest BCUT2D eigenvalue weighted by molar-refractivity contribution is 0.0802. The Kier molecular flexibility index (Phi) is 4.75. The number of para-hydroxylation sites is 1. The number of pyridine rings is 1. The summed E-state index contributed by atoms with van der Waals surface area (Å²) in [5.41, 5.74) is 1.72. The van der Waals surface area contributed by atoms with Crippen LogP contribution in [0.25, 0.3) is 10.9 Å². The monoisotopic (exact) mass is 333 g/mol. The molecule has 0 saturated heterocycles. The van der Waals surface area contributed by atoms with Crippen LogP contribution in [0.1, 0.15) is 27.6 Å². The van der Waals surface area contributed by atoms with Crippen molar-refractivity contribution < 1.29 is 9.59 Å². The first kappa shape index (κ1) is 16.6. The van der Waals surface area contributed by atoms with Gasteiger partial charge in [0.2, 0.25) is 0 Å². The van der Waals surface area contributed by atoms with Gasteiger partial charge in [0.15, 0.2) is 0 Å². The van der Waals surface area contributed by atoms with Crippen molar-refractivity contribution in [3.8, 4) is 0 Å². The summed E-state index contributed by atoms with van der Waals surface area (Å²) in [6, 6.07) is 18.1. The highest BCUT2D eigenvalue weighted by Crippen LogP contribution is 2.16. The molecule has 0 saturated carbocycles. The molecule has 1 heterocycles. The molecule has 3 aromatic rings. The number of anilines is 1. The SMILES string of the molecule is CCN(C)C(=O)c1cccc(C(=O)Nc2ccc3ccccc3n2)c1. The van der Waals surface area contributed by atoms with Crippen LogP contribution >= 0.6 is 0 Å². The number of nitrogens with zero attached hydrogens (tertiary/aromatic N) is 2. The second-order valence-electron chi connectivity index (χ2n) is 5.74. The van der Waals surface area contributed by atoms with E-state index in [1.807, 2.05) is 37.3 Å². The highest BCUT2D eigenvalue weighted by molar-refractivity contribution is 6.06. The van der Waals surface area contributed by atoms with Crippen LogP contribution in [-0.2, 0) is 0 Å². The van der Waals surface area contributed by atoms with E-state index in [-0.39, 0.29) is 11.8 Å². The standard InChI is InChI=1S/C20H19N3O2/c1-3-23(2)20(25)16-9-6-8-15(13-16)19(24)22-18-12-11-14-7-4-5-10-17(14)21-18/h4-13H,3H2,1-2H3,(H,21,22,24). The van der Waals surface area contributed by atoms with Gasteiger partial charge in [-0.15, -0.1) is 0 Å². The molecule has 2 amide bonds. The van der Waals surface area contributed by atoms with Gasteiger partial charge in [0.05, 0.1) is 5.52 Å². The Bertz CT molecular complexity index is 937. The van der Waals surface area contributed by atoms with E-state index in [2.05, 4.69) is 10.3 Å². The molecule has 0 bridgehead atoms. The fourth-order valence-corrected chi connectivity index (χ4v) is 2.48. The highest BCUT2D eigenvalue weighted by Gasteiger charge is 2.13. The van der Waals surface area contributed by atoms with E-state index >= 15 is 0 Å². The Morgan fingerprint density at radius 1 is 1.00 bits per heavy atom. The van der Waals surface area contributed by atoms with E-state index in [1.54, 1.807) is 42.3 Å². The zero-order chi connectivity index (χ0) is 17.8. The molecule has 5 nitrogen and oxygen atoms in total. The lowest BCUT2D eigenvalue weighted by Gasteiger charge is -2.14. The summed E-state index contributed by atoms with van der Waals surface area (Å²) in [6.45, 7) is 2.51. The Morgan fingerprint density at radius 3 is 2.56 bits per heavy atom. The Balaban J connectivity index is 1.81. The second kappa shape index (κ2) is 7.13. The molecule has 0 atom stereocenters. The molecule has 0 aliphatic heterocycles. The third-order valence-electron chi connectivity index (χ3n) is 4.03. The molecule has 1 aromatic heterocycles. The van der Waals surface area contributed by atoms with Crippen molar-refractivity contribution in [2.24, 2.45) is 0 Å². The smallest absolute Gasteiger partial charge is 0.256 e. The van der Waals surface area contributed by atoms with Crippen molar-refractivity contribution in [1.82, 2.24) is 9.88 Å². The highest BCUT2D eigenvalue weighted by atomic mass is 16.2. The summed E-state index contributed by atoms with van der Waals surface area (Å²) in [5, 5.41) is 3.79. The molecule has 5 heteroatoms. The minimum absolute atomic E-state index is 0.110. The van der Waals surface area contributed by atoms with Crippen LogP contribution in [-0.4, -0.2) is 35.3 Å². The number of carbonyl (C=O) groups is 2. The van der Waals surface area contributed by atoms with Crippen molar-refractivity contribution in [1.29, 1.82) is 0 Å². The molecule has 0 unspecified atom stereocenters. The predicted octanol–water partition coefficient (Wildman–Crippen LogP) is 3.58. The number of benzene rings is 2. The molecule has 0 aliphatic carbocycles. The zero-order valence-electron chi connectivity index (χ0n) is 14.2. The van der Waals surface area contributed by atoms with E-state index in [0.29, 0.717) is 23.5 Å². The van der Waals surface area contributed by atoms with Crippen LogP contribution in [0.3, 0.4) is 0 Å². The number of rotatable bonds is 4. The van der Waals surface area contributed by atoms with E-state index in [1.165, 1.54) is 0 Å². The quantitative estimate of drug-likeness (QED) is 0.794. The van der Waals surface area contributed by atoms with Crippen molar-refractivity contribution in [2.45, 2.75) is 6.92 Å². The number of hydrogen-bond acceptors (Lipinski definition) is 3. The maximum Gasteiger partial charge on any atom is 0.256 e. The summed E-state index contributed by atoms with van der Waals surface area (Å²) < 4.78 is 0. The number of aromatic nitrogens is 1. The number of carbonyl (C=O) groups excluding carboxylic acids is 2. The van der Waals surface area contributed by atoms with E-state index in [0.717, 1.165) is 10.9 Å². The molecule has 25 heavy (non-hydrogen) atoms. The summed E-state index contributed by atoms with van der Waals surface area (Å²) in [6.07, 6.45) is 0. The first-order chi connectivity index (χ1) is 12.1. The maximum absolute atomic E-state index is 12.5. The Labute approximate surface area is 146 Å². The van der Waals surface area contributed by atoms with Gasteiger partial charge in [-0.05, 0) is 43.3 Å². The molecular formula is C20H19N3O2. The Morgan fingerprint density at radius 2 is 1.76 bits per heavy atom. The van der Waals surface area contributed by atoms with Crippen LogP contribution in [0, 0.1) is 0 Å². The Hall–Kier alpha value is -3.21. The van der Waals surface area contributed by atoms with Crippen molar-refractivity contribution >= 4 is 28.5 Å². The summed E-state index contributed by atoms with van der Waals surface area (Å²) in [7, 11) is 1.73. The third kappa shape index (κ3) is 3.66. The van der Waals surface area contributed by atoms with Crippen LogP contribution in [0.4, 0.5) is 5.82 Å². The van der Waals surface area contributed by atoms with Crippen LogP contribution < -0.4 is 5.32 Å². The van der Waals surface area contributed by atoms with E-state index in [4.69, 9.17) is 0 Å². The molecule has 1 N–H and O–H groups in total. The third-order valence-corrected chi connectivity index (χ3v) is 4.03. The fraction of sp³-hybridized carbons (Fsp3) is 0.150. The second-order valence-corrected chi connectivity index (χ2v) is 5.74. The normalized spacial score (nSPS) is 10.5. The minimum atomic E-state index is -0.295. The van der Waals surface area contributed by atoms with Gasteiger partial charge in [-0.3, -0.25) is 9.59 Å². The topological polar surface area (TPSA) is 62.3 Å². The van der Waals surface area contributed by atoms with Gasteiger partial charge in [-0.25, -0.2) is 4.98 Å². The van der Waals surface area contributed by atoms with Crippen molar-refractivity contribution in [3.05, 3.63) is 71.8 Å². The molecule has 2 aromatic carbocycles. The number of fused-ring (bicyclic) bond motifs is 1. The molecule has 0 fully saturated rings. The van der Waals surface area contributed by atoms with Gasteiger partial charge in [-0.1, -0.05) is 24.3 Å². The molecule has 0 spiro atoms. The van der Waals surface area contributed by atoms with Gasteiger partial charge in [0.25, 0.3) is 11.8 Å². The molecule has 3 rings (SSSR count). The van der Waals surface area contributed by atoms with Gasteiger partial charge in [0, 0.05) is 30.1 Å². The lowest BCUT2D eigenvalue weighted by atomic mass is 10.1. The molecule has 126 valence electrons. The van der Waals surface area contributed by atoms with Gasteiger partial charge >= 0.3 is 0 Å². The fourth-order valence-electron chi connectivity index (χ4n) is 2.48. The van der Waals surface area contributed by atoms with Gasteiger partial charge < -0.3 is 10.2 Å². The van der Waals surface area contributed by atoms with E-state index < -0.39 is 0 Å². The van der Waals surface area contributed by atoms with E-state index in [9.17, 15) is 9.59 Å². The summed E-state index contributed by atoms with van der Waals surface area (Å²) in [5.74, 6) is 0.0728. The molecule has 0 aliphatic rings. The summed E-state index contributed by atoms with van der Waals surface area (Å²) in [4.78, 5) is 30.8. The lowest BCUT2D eigenvalue weighted by Crippen LogP contribution is -2.26. The maximum atomic E-state index is 12.5. The number of hydrogen-bond donors (Lipinski definition) is 1. The van der Waals surface area contributed by atoms with Crippen molar-refractivity contribution in [2.75, 3.05) is 18.9 Å². The molecular weight excluding hydrogens is 314 g/mol. The van der Waals surface area contributed by atoms with Gasteiger partial charge in [-0.2, -0.15) is 0 Å². The summed E-state index contributed by atoms with van der Waals surface area (Å²) >= 11 is 0. The zero-order valence-corrected chi connectivity index (χ0v) is 14.2. The minimum Gasteiger partial charge on any atom is -0.342 e. The average Bonchev–Trinajstić information content (AvgIpc) is 2.66. The van der Waals surface area contributed by atoms with Crippen LogP contribution in [0.5, 0.6) is 0 Å². The van der Waals surface area contributed by atoms with Gasteiger partial charge in [0.1, 0.15) is 5.82 Å². The van der Waals surface area contributed by atoms with Crippen LogP contribution in [0.2, 0.25) is 0 Å². The van der Waals surface area contributed by atoms with Crippen LogP contribution in [0.15, 0.2) is 60.7 Å². The first-order valence-electron chi connectivity index (χ1n) is 8.11. The average molecular weight is 333 g/mol. The van der Waals surface area contributed by atoms with Crippen molar-refractivity contribution in [3.63, 3.8) is 0 Å². The first-order valence-corrected chi connectivity index (χ1v) is 8.11. The number of amides is 2.